The average molecular weight is 198 g/mol. The summed E-state index contributed by atoms with van der Waals surface area (Å²) in [6.07, 6.45) is 2.26. The molecule has 0 aromatic carbocycles. The van der Waals surface area contributed by atoms with Crippen LogP contribution in [0.3, 0.4) is 0 Å². The van der Waals surface area contributed by atoms with Gasteiger partial charge in [0.25, 0.3) is 0 Å². The summed E-state index contributed by atoms with van der Waals surface area (Å²) in [5, 5.41) is 8.95. The van der Waals surface area contributed by atoms with Gasteiger partial charge in [-0.15, -0.1) is 0 Å². The third-order valence-corrected chi connectivity index (χ3v) is 2.91. The van der Waals surface area contributed by atoms with Crippen molar-refractivity contribution in [3.63, 3.8) is 0 Å². The lowest BCUT2D eigenvalue weighted by Gasteiger charge is -2.23. The van der Waals surface area contributed by atoms with Gasteiger partial charge in [-0.3, -0.25) is 9.59 Å². The number of hydrogen-bond donors (Lipinski definition) is 1. The number of Topliss-reactive ketones (excluding diaryl/α,β-unsaturated/α-hetero) is 1. The number of carboxylic acid groups (broad SMARTS) is 1. The van der Waals surface area contributed by atoms with Crippen molar-refractivity contribution in [1.29, 1.82) is 0 Å². The van der Waals surface area contributed by atoms with Crippen molar-refractivity contribution < 1.29 is 14.7 Å². The Kier molecular flexibility index (Phi) is 2.98. The summed E-state index contributed by atoms with van der Waals surface area (Å²) in [5.41, 5.74) is -0.414. The quantitative estimate of drug-likeness (QED) is 0.739. The van der Waals surface area contributed by atoms with Gasteiger partial charge in [-0.25, -0.2) is 0 Å². The van der Waals surface area contributed by atoms with Gasteiger partial charge in [-0.05, 0) is 12.8 Å². The van der Waals surface area contributed by atoms with Crippen LogP contribution in [0.4, 0.5) is 0 Å². The maximum Gasteiger partial charge on any atom is 0.307 e. The van der Waals surface area contributed by atoms with Gasteiger partial charge >= 0.3 is 5.97 Å². The zero-order chi connectivity index (χ0) is 10.9. The highest BCUT2D eigenvalue weighted by atomic mass is 16.4. The van der Waals surface area contributed by atoms with Crippen LogP contribution in [-0.4, -0.2) is 16.9 Å². The summed E-state index contributed by atoms with van der Waals surface area (Å²) in [5.74, 6) is -1.42. The van der Waals surface area contributed by atoms with Gasteiger partial charge in [0, 0.05) is 11.3 Å². The van der Waals surface area contributed by atoms with Crippen LogP contribution < -0.4 is 0 Å². The van der Waals surface area contributed by atoms with Crippen LogP contribution in [0, 0.1) is 17.3 Å². The Bertz CT molecular complexity index is 250. The Labute approximate surface area is 84.5 Å². The summed E-state index contributed by atoms with van der Waals surface area (Å²) in [7, 11) is 0. The molecule has 0 aliphatic heterocycles. The largest absolute Gasteiger partial charge is 0.481 e. The first-order valence-electron chi connectivity index (χ1n) is 5.11. The van der Waals surface area contributed by atoms with Crippen molar-refractivity contribution in [2.24, 2.45) is 17.3 Å². The second-order valence-corrected chi connectivity index (χ2v) is 5.10. The lowest BCUT2D eigenvalue weighted by molar-refractivity contribution is -0.147. The van der Waals surface area contributed by atoms with Crippen molar-refractivity contribution in [1.82, 2.24) is 0 Å². The highest BCUT2D eigenvalue weighted by Gasteiger charge is 2.41. The van der Waals surface area contributed by atoms with Crippen molar-refractivity contribution in [3.05, 3.63) is 0 Å². The van der Waals surface area contributed by atoms with E-state index in [1.165, 1.54) is 0 Å². The van der Waals surface area contributed by atoms with E-state index in [1.54, 1.807) is 0 Å². The summed E-state index contributed by atoms with van der Waals surface area (Å²) < 4.78 is 0. The zero-order valence-corrected chi connectivity index (χ0v) is 9.04. The van der Waals surface area contributed by atoms with Gasteiger partial charge in [-0.1, -0.05) is 27.2 Å². The number of carbonyl (C=O) groups is 2. The second kappa shape index (κ2) is 3.71. The van der Waals surface area contributed by atoms with E-state index in [0.717, 1.165) is 12.8 Å². The molecule has 0 bridgehead atoms. The molecule has 1 N–H and O–H groups in total. The number of rotatable bonds is 2. The fraction of sp³-hybridized carbons (Fsp3) is 0.818. The lowest BCUT2D eigenvalue weighted by Crippen LogP contribution is -2.33. The summed E-state index contributed by atoms with van der Waals surface area (Å²) in [4.78, 5) is 22.8. The summed E-state index contributed by atoms with van der Waals surface area (Å²) in [6, 6.07) is 0. The maximum atomic E-state index is 11.9. The van der Waals surface area contributed by atoms with E-state index in [-0.39, 0.29) is 11.7 Å². The first-order chi connectivity index (χ1) is 6.34. The van der Waals surface area contributed by atoms with Gasteiger partial charge in [0.2, 0.25) is 0 Å². The molecule has 1 fully saturated rings. The molecule has 1 rings (SSSR count). The van der Waals surface area contributed by atoms with Gasteiger partial charge in [0.05, 0.1) is 5.92 Å². The van der Waals surface area contributed by atoms with E-state index in [2.05, 4.69) is 0 Å². The SMILES string of the molecule is CC(C)(C)C(=O)C1CCCC1C(=O)O. The van der Waals surface area contributed by atoms with Crippen molar-refractivity contribution in [2.45, 2.75) is 40.0 Å². The highest BCUT2D eigenvalue weighted by Crippen LogP contribution is 2.37. The van der Waals surface area contributed by atoms with E-state index in [9.17, 15) is 9.59 Å². The molecule has 0 amide bonds. The summed E-state index contributed by atoms with van der Waals surface area (Å²) >= 11 is 0. The molecule has 3 nitrogen and oxygen atoms in total. The molecule has 14 heavy (non-hydrogen) atoms. The van der Waals surface area contributed by atoms with Crippen LogP contribution >= 0.6 is 0 Å². The molecule has 0 aromatic rings. The van der Waals surface area contributed by atoms with E-state index in [4.69, 9.17) is 5.11 Å². The number of carboxylic acids is 1. The first kappa shape index (κ1) is 11.2. The molecular weight excluding hydrogens is 180 g/mol. The van der Waals surface area contributed by atoms with Gasteiger partial charge < -0.3 is 5.11 Å². The number of aliphatic carboxylic acids is 1. The Morgan fingerprint density at radius 2 is 1.64 bits per heavy atom. The molecule has 0 heterocycles. The Morgan fingerprint density at radius 3 is 2.07 bits per heavy atom. The van der Waals surface area contributed by atoms with Crippen molar-refractivity contribution in [3.8, 4) is 0 Å². The maximum absolute atomic E-state index is 11.9. The van der Waals surface area contributed by atoms with Crippen LogP contribution in [0.15, 0.2) is 0 Å². The van der Waals surface area contributed by atoms with Crippen LogP contribution in [-0.2, 0) is 9.59 Å². The van der Waals surface area contributed by atoms with Crippen LogP contribution in [0.5, 0.6) is 0 Å². The van der Waals surface area contributed by atoms with Crippen LogP contribution in [0.1, 0.15) is 40.0 Å². The molecule has 2 unspecified atom stereocenters. The number of hydrogen-bond acceptors (Lipinski definition) is 2. The summed E-state index contributed by atoms with van der Waals surface area (Å²) in [6.45, 7) is 5.56. The van der Waals surface area contributed by atoms with Crippen molar-refractivity contribution >= 4 is 11.8 Å². The van der Waals surface area contributed by atoms with E-state index in [1.807, 2.05) is 20.8 Å². The predicted molar refractivity (Wildman–Crippen MR) is 52.9 cm³/mol. The average Bonchev–Trinajstić information content (AvgIpc) is 2.48. The van der Waals surface area contributed by atoms with Crippen LogP contribution in [0.2, 0.25) is 0 Å². The fourth-order valence-electron chi connectivity index (χ4n) is 2.13. The molecule has 1 aliphatic carbocycles. The third-order valence-electron chi connectivity index (χ3n) is 2.91. The van der Waals surface area contributed by atoms with E-state index in [0.29, 0.717) is 6.42 Å². The fourth-order valence-corrected chi connectivity index (χ4v) is 2.13. The smallest absolute Gasteiger partial charge is 0.307 e. The van der Waals surface area contributed by atoms with Gasteiger partial charge in [0.15, 0.2) is 0 Å². The third kappa shape index (κ3) is 2.14. The van der Waals surface area contributed by atoms with Gasteiger partial charge in [-0.2, -0.15) is 0 Å². The molecule has 3 heteroatoms. The number of carbonyl (C=O) groups excluding carboxylic acids is 1. The monoisotopic (exact) mass is 198 g/mol. The minimum atomic E-state index is -0.815. The predicted octanol–water partition coefficient (Wildman–Crippen LogP) is 2.10. The topological polar surface area (TPSA) is 54.4 Å². The lowest BCUT2D eigenvalue weighted by atomic mass is 9.78. The molecular formula is C11H18O3. The molecule has 0 radical (unpaired) electrons. The Morgan fingerprint density at radius 1 is 1.14 bits per heavy atom. The van der Waals surface area contributed by atoms with Crippen molar-refractivity contribution in [2.75, 3.05) is 0 Å². The normalized spacial score (nSPS) is 27.6. The van der Waals surface area contributed by atoms with Crippen LogP contribution in [0.25, 0.3) is 0 Å². The Hall–Kier alpha value is -0.860. The second-order valence-electron chi connectivity index (χ2n) is 5.10. The highest BCUT2D eigenvalue weighted by molar-refractivity contribution is 5.90. The molecule has 0 spiro atoms. The minimum absolute atomic E-state index is 0.0994. The molecule has 2 atom stereocenters. The van der Waals surface area contributed by atoms with Gasteiger partial charge in [0.1, 0.15) is 5.78 Å². The minimum Gasteiger partial charge on any atom is -0.481 e. The van der Waals surface area contributed by atoms with E-state index >= 15 is 0 Å². The standard InChI is InChI=1S/C11H18O3/c1-11(2,3)9(12)7-5-4-6-8(7)10(13)14/h7-8H,4-6H2,1-3H3,(H,13,14). The zero-order valence-electron chi connectivity index (χ0n) is 9.04. The Balaban J connectivity index is 2.77. The molecule has 0 saturated heterocycles. The molecule has 0 aromatic heterocycles. The first-order valence-corrected chi connectivity index (χ1v) is 5.11. The molecule has 1 saturated carbocycles. The molecule has 80 valence electrons. The number of ketones is 1. The molecule has 1 aliphatic rings. The van der Waals surface area contributed by atoms with E-state index < -0.39 is 17.3 Å².